The summed E-state index contributed by atoms with van der Waals surface area (Å²) in [6.45, 7) is 14.1. The van der Waals surface area contributed by atoms with Crippen molar-refractivity contribution in [2.45, 2.75) is 73.0 Å². The Morgan fingerprint density at radius 2 is 1.90 bits per heavy atom. The highest BCUT2D eigenvalue weighted by molar-refractivity contribution is 5.61. The molecule has 118 valence electrons. The van der Waals surface area contributed by atoms with Crippen LogP contribution in [0.15, 0.2) is 0 Å². The number of hydrogen-bond donors (Lipinski definition) is 0. The maximum absolute atomic E-state index is 10.9. The van der Waals surface area contributed by atoms with Crippen LogP contribution in [-0.2, 0) is 14.2 Å². The number of carbonyl (C=O) groups is 1. The second-order valence-corrected chi connectivity index (χ2v) is 7.19. The maximum atomic E-state index is 10.9. The van der Waals surface area contributed by atoms with Gasteiger partial charge in [-0.25, -0.2) is 4.79 Å². The summed E-state index contributed by atoms with van der Waals surface area (Å²) >= 11 is 0. The molecule has 1 aliphatic rings. The molecule has 1 heterocycles. The third-order valence-electron chi connectivity index (χ3n) is 4.61. The van der Waals surface area contributed by atoms with Crippen LogP contribution in [0.25, 0.3) is 0 Å². The molecule has 0 saturated carbocycles. The Kier molecular flexibility index (Phi) is 5.87. The Morgan fingerprint density at radius 1 is 1.25 bits per heavy atom. The third kappa shape index (κ3) is 4.97. The molecule has 0 N–H and O–H groups in total. The lowest BCUT2D eigenvalue weighted by atomic mass is 9.74. The number of rotatable bonds is 8. The van der Waals surface area contributed by atoms with E-state index in [2.05, 4.69) is 41.5 Å². The lowest BCUT2D eigenvalue weighted by molar-refractivity contribution is -0.0751. The van der Waals surface area contributed by atoms with Gasteiger partial charge in [-0.05, 0) is 23.7 Å². The van der Waals surface area contributed by atoms with Gasteiger partial charge in [0.15, 0.2) is 6.10 Å². The van der Waals surface area contributed by atoms with Gasteiger partial charge in [0.1, 0.15) is 6.61 Å². The van der Waals surface area contributed by atoms with Crippen LogP contribution < -0.4 is 0 Å². The number of cyclic esters (lactones) is 2. The summed E-state index contributed by atoms with van der Waals surface area (Å²) in [5, 5.41) is 0. The molecule has 0 aromatic rings. The molecule has 2 unspecified atom stereocenters. The molecule has 0 aromatic heterocycles. The smallest absolute Gasteiger partial charge is 0.430 e. The van der Waals surface area contributed by atoms with E-state index in [-0.39, 0.29) is 23.0 Å². The monoisotopic (exact) mass is 286 g/mol. The SMILES string of the molecule is CCC(C)(C)CC(OCC1COC(=O)O1)C(C)(C)CC. The Hall–Kier alpha value is -0.770. The highest BCUT2D eigenvalue weighted by Crippen LogP contribution is 2.37. The van der Waals surface area contributed by atoms with Crippen LogP contribution in [0.1, 0.15) is 60.8 Å². The zero-order valence-electron chi connectivity index (χ0n) is 13.8. The van der Waals surface area contributed by atoms with Crippen molar-refractivity contribution >= 4 is 6.16 Å². The third-order valence-corrected chi connectivity index (χ3v) is 4.61. The van der Waals surface area contributed by atoms with E-state index < -0.39 is 6.16 Å². The lowest BCUT2D eigenvalue weighted by Gasteiger charge is -2.38. The molecule has 1 saturated heterocycles. The minimum Gasteiger partial charge on any atom is -0.430 e. The van der Waals surface area contributed by atoms with Crippen molar-refractivity contribution in [3.8, 4) is 0 Å². The predicted molar refractivity (Wildman–Crippen MR) is 78.7 cm³/mol. The molecule has 2 atom stereocenters. The van der Waals surface area contributed by atoms with Crippen molar-refractivity contribution < 1.29 is 19.0 Å². The molecule has 0 aromatic carbocycles. The van der Waals surface area contributed by atoms with Gasteiger partial charge in [-0.3, -0.25) is 0 Å². The second-order valence-electron chi connectivity index (χ2n) is 7.19. The van der Waals surface area contributed by atoms with E-state index >= 15 is 0 Å². The molecule has 0 radical (unpaired) electrons. The van der Waals surface area contributed by atoms with Crippen LogP contribution in [0.4, 0.5) is 4.79 Å². The first-order valence-electron chi connectivity index (χ1n) is 7.65. The van der Waals surface area contributed by atoms with E-state index in [0.29, 0.717) is 13.2 Å². The average Bonchev–Trinajstić information content (AvgIpc) is 2.80. The summed E-state index contributed by atoms with van der Waals surface area (Å²) in [5.74, 6) is 0. The van der Waals surface area contributed by atoms with Gasteiger partial charge in [0.05, 0.1) is 12.7 Å². The van der Waals surface area contributed by atoms with Crippen LogP contribution in [0, 0.1) is 10.8 Å². The molecule has 1 aliphatic heterocycles. The Morgan fingerprint density at radius 3 is 2.35 bits per heavy atom. The van der Waals surface area contributed by atoms with E-state index in [1.54, 1.807) is 0 Å². The maximum Gasteiger partial charge on any atom is 0.508 e. The lowest BCUT2D eigenvalue weighted by Crippen LogP contribution is -2.37. The van der Waals surface area contributed by atoms with E-state index in [1.807, 2.05) is 0 Å². The molecule has 20 heavy (non-hydrogen) atoms. The first-order chi connectivity index (χ1) is 9.20. The van der Waals surface area contributed by atoms with Crippen LogP contribution >= 0.6 is 0 Å². The Balaban J connectivity index is 2.61. The van der Waals surface area contributed by atoms with Crippen LogP contribution in [0.5, 0.6) is 0 Å². The second kappa shape index (κ2) is 6.79. The average molecular weight is 286 g/mol. The predicted octanol–water partition coefficient (Wildman–Crippen LogP) is 4.17. The van der Waals surface area contributed by atoms with Crippen molar-refractivity contribution in [2.75, 3.05) is 13.2 Å². The van der Waals surface area contributed by atoms with Crippen molar-refractivity contribution in [1.29, 1.82) is 0 Å². The minimum absolute atomic E-state index is 0.107. The molecule has 1 rings (SSSR count). The first-order valence-corrected chi connectivity index (χ1v) is 7.65. The molecule has 4 nitrogen and oxygen atoms in total. The Labute approximate surface area is 123 Å². The summed E-state index contributed by atoms with van der Waals surface area (Å²) in [6, 6.07) is 0. The van der Waals surface area contributed by atoms with Gasteiger partial charge in [-0.1, -0.05) is 48.0 Å². The van der Waals surface area contributed by atoms with Crippen molar-refractivity contribution in [2.24, 2.45) is 10.8 Å². The van der Waals surface area contributed by atoms with E-state index in [0.717, 1.165) is 19.3 Å². The summed E-state index contributed by atoms with van der Waals surface area (Å²) in [7, 11) is 0. The standard InChI is InChI=1S/C16H30O4/c1-7-15(3,4)9-13(16(5,6)8-2)18-10-12-11-19-14(17)20-12/h12-13H,7-11H2,1-6H3. The fourth-order valence-electron chi connectivity index (χ4n) is 2.11. The fraction of sp³-hybridized carbons (Fsp3) is 0.938. The minimum atomic E-state index is -0.584. The summed E-state index contributed by atoms with van der Waals surface area (Å²) in [6.07, 6.45) is 2.49. The first kappa shape index (κ1) is 17.3. The van der Waals surface area contributed by atoms with Crippen molar-refractivity contribution in [3.63, 3.8) is 0 Å². The molecule has 0 spiro atoms. The molecule has 4 heteroatoms. The van der Waals surface area contributed by atoms with E-state index in [1.165, 1.54) is 0 Å². The van der Waals surface area contributed by atoms with Gasteiger partial charge in [0.2, 0.25) is 0 Å². The normalized spacial score (nSPS) is 21.5. The number of hydrogen-bond acceptors (Lipinski definition) is 4. The van der Waals surface area contributed by atoms with Crippen molar-refractivity contribution in [3.05, 3.63) is 0 Å². The van der Waals surface area contributed by atoms with Crippen LogP contribution in [-0.4, -0.2) is 31.6 Å². The topological polar surface area (TPSA) is 44.8 Å². The van der Waals surface area contributed by atoms with Gasteiger partial charge >= 0.3 is 6.16 Å². The summed E-state index contributed by atoms with van der Waals surface area (Å²) in [5.41, 5.74) is 0.357. The Bertz CT molecular complexity index is 322. The largest absolute Gasteiger partial charge is 0.508 e. The highest BCUT2D eigenvalue weighted by Gasteiger charge is 2.35. The van der Waals surface area contributed by atoms with Crippen LogP contribution in [0.2, 0.25) is 0 Å². The molecule has 1 fully saturated rings. The zero-order valence-corrected chi connectivity index (χ0v) is 13.8. The quantitative estimate of drug-likeness (QED) is 0.628. The van der Waals surface area contributed by atoms with Gasteiger partial charge in [-0.15, -0.1) is 0 Å². The van der Waals surface area contributed by atoms with Gasteiger partial charge < -0.3 is 14.2 Å². The zero-order chi connectivity index (χ0) is 15.4. The number of carbonyl (C=O) groups excluding carboxylic acids is 1. The van der Waals surface area contributed by atoms with Gasteiger partial charge in [0.25, 0.3) is 0 Å². The fourth-order valence-corrected chi connectivity index (χ4v) is 2.11. The van der Waals surface area contributed by atoms with E-state index in [9.17, 15) is 4.79 Å². The number of ether oxygens (including phenoxy) is 3. The van der Waals surface area contributed by atoms with Gasteiger partial charge in [-0.2, -0.15) is 0 Å². The molecule has 0 bridgehead atoms. The van der Waals surface area contributed by atoms with Crippen LogP contribution in [0.3, 0.4) is 0 Å². The highest BCUT2D eigenvalue weighted by atomic mass is 16.8. The molecule has 0 aliphatic carbocycles. The molecular formula is C16H30O4. The van der Waals surface area contributed by atoms with Crippen molar-refractivity contribution in [1.82, 2.24) is 0 Å². The summed E-state index contributed by atoms with van der Waals surface area (Å²) < 4.78 is 15.9. The van der Waals surface area contributed by atoms with E-state index in [4.69, 9.17) is 14.2 Å². The molecular weight excluding hydrogens is 256 g/mol. The van der Waals surface area contributed by atoms with Gasteiger partial charge in [0, 0.05) is 0 Å². The summed E-state index contributed by atoms with van der Waals surface area (Å²) in [4.78, 5) is 10.9. The molecule has 0 amide bonds.